The number of hydrogen-bond acceptors (Lipinski definition) is 6. The number of H-pyrrole nitrogens is 1. The number of carbonyl (C=O) groups is 1. The number of anilines is 2. The minimum absolute atomic E-state index is 0.0342. The molecule has 0 radical (unpaired) electrons. The molecule has 9 heteroatoms. The number of aromatic nitrogens is 2. The van der Waals surface area contributed by atoms with Gasteiger partial charge in [-0.25, -0.2) is 4.98 Å². The van der Waals surface area contributed by atoms with Crippen molar-refractivity contribution < 1.29 is 14.3 Å². The Hall–Kier alpha value is -3.23. The molecule has 2 aliphatic rings. The van der Waals surface area contributed by atoms with Crippen molar-refractivity contribution in [3.8, 4) is 11.5 Å². The highest BCUT2D eigenvalue weighted by Crippen LogP contribution is 2.39. The van der Waals surface area contributed by atoms with Crippen molar-refractivity contribution in [2.75, 3.05) is 39.2 Å². The fourth-order valence-electron chi connectivity index (χ4n) is 4.81. The van der Waals surface area contributed by atoms with Gasteiger partial charge < -0.3 is 30.0 Å². The predicted molar refractivity (Wildman–Crippen MR) is 139 cm³/mol. The van der Waals surface area contributed by atoms with Gasteiger partial charge in [0.2, 0.25) is 5.91 Å². The number of pyridine rings is 1. The number of fused-ring (bicyclic) bond motifs is 1. The first-order valence-electron chi connectivity index (χ1n) is 11.9. The van der Waals surface area contributed by atoms with Gasteiger partial charge in [-0.15, -0.1) is 0 Å². The lowest BCUT2D eigenvalue weighted by molar-refractivity contribution is -0.133. The molecule has 1 aromatic carbocycles. The number of piperidine rings is 1. The summed E-state index contributed by atoms with van der Waals surface area (Å²) in [6.45, 7) is 2.28. The molecule has 0 saturated carbocycles. The summed E-state index contributed by atoms with van der Waals surface area (Å²) in [4.78, 5) is 22.8. The van der Waals surface area contributed by atoms with Crippen molar-refractivity contribution >= 4 is 45.5 Å². The van der Waals surface area contributed by atoms with Gasteiger partial charge >= 0.3 is 0 Å². The monoisotopic (exact) mass is 495 g/mol. The summed E-state index contributed by atoms with van der Waals surface area (Å²) in [6, 6.07) is 7.54. The average molecular weight is 496 g/mol. The maximum Gasteiger partial charge on any atom is 0.239 e. The molecular formula is C26H30ClN5O3. The number of halogens is 1. The highest BCUT2D eigenvalue weighted by Gasteiger charge is 2.27. The topological polar surface area (TPSA) is 91.5 Å². The lowest BCUT2D eigenvalue weighted by Crippen LogP contribution is -2.49. The first-order valence-corrected chi connectivity index (χ1v) is 12.3. The van der Waals surface area contributed by atoms with Crippen molar-refractivity contribution in [1.29, 1.82) is 0 Å². The maximum absolute atomic E-state index is 12.9. The van der Waals surface area contributed by atoms with E-state index in [1.807, 2.05) is 17.0 Å². The van der Waals surface area contributed by atoms with Crippen molar-refractivity contribution in [2.24, 2.45) is 0 Å². The van der Waals surface area contributed by atoms with Gasteiger partial charge in [0, 0.05) is 42.5 Å². The molecule has 0 unspecified atom stereocenters. The number of hydrogen-bond donors (Lipinski definition) is 3. The van der Waals surface area contributed by atoms with Crippen molar-refractivity contribution in [3.05, 3.63) is 47.3 Å². The van der Waals surface area contributed by atoms with Crippen LogP contribution in [0.25, 0.3) is 16.6 Å². The van der Waals surface area contributed by atoms with Crippen molar-refractivity contribution in [3.63, 3.8) is 0 Å². The third kappa shape index (κ3) is 4.81. The van der Waals surface area contributed by atoms with Gasteiger partial charge in [0.15, 0.2) is 0 Å². The van der Waals surface area contributed by atoms with Crippen LogP contribution in [-0.2, 0) is 4.79 Å². The van der Waals surface area contributed by atoms with E-state index in [0.29, 0.717) is 23.1 Å². The molecule has 0 aliphatic carbocycles. The van der Waals surface area contributed by atoms with E-state index in [-0.39, 0.29) is 11.9 Å². The molecule has 2 aromatic heterocycles. The van der Waals surface area contributed by atoms with Gasteiger partial charge in [0.1, 0.15) is 17.1 Å². The molecule has 1 atom stereocenters. The molecular weight excluding hydrogens is 466 g/mol. The molecule has 3 aromatic rings. The molecule has 4 heterocycles. The molecule has 1 saturated heterocycles. The van der Waals surface area contributed by atoms with E-state index in [2.05, 4.69) is 32.7 Å². The van der Waals surface area contributed by atoms with Crippen molar-refractivity contribution in [2.45, 2.75) is 31.7 Å². The lowest BCUT2D eigenvalue weighted by atomic mass is 10.0. The van der Waals surface area contributed by atoms with Gasteiger partial charge in [-0.3, -0.25) is 4.79 Å². The maximum atomic E-state index is 12.9. The van der Waals surface area contributed by atoms with Crippen LogP contribution in [0.15, 0.2) is 36.5 Å². The second-order valence-electron chi connectivity index (χ2n) is 8.88. The quantitative estimate of drug-likeness (QED) is 0.457. The first kappa shape index (κ1) is 23.5. The van der Waals surface area contributed by atoms with E-state index in [4.69, 9.17) is 21.1 Å². The molecule has 0 bridgehead atoms. The summed E-state index contributed by atoms with van der Waals surface area (Å²) >= 11 is 6.26. The summed E-state index contributed by atoms with van der Waals surface area (Å²) in [5.41, 5.74) is 4.63. The van der Waals surface area contributed by atoms with Crippen LogP contribution in [0.1, 0.15) is 31.4 Å². The molecule has 35 heavy (non-hydrogen) atoms. The number of amides is 1. The Morgan fingerprint density at radius 1 is 1.17 bits per heavy atom. The minimum atomic E-state index is -0.0342. The van der Waals surface area contributed by atoms with E-state index in [0.717, 1.165) is 66.9 Å². The van der Waals surface area contributed by atoms with E-state index in [1.165, 1.54) is 5.57 Å². The lowest BCUT2D eigenvalue weighted by Gasteiger charge is -2.32. The number of methoxy groups -OCH3 is 2. The predicted octanol–water partition coefficient (Wildman–Crippen LogP) is 4.73. The van der Waals surface area contributed by atoms with Crippen LogP contribution in [0.5, 0.6) is 11.5 Å². The zero-order chi connectivity index (χ0) is 24.4. The Balaban J connectivity index is 1.37. The van der Waals surface area contributed by atoms with Gasteiger partial charge in [-0.05, 0) is 43.5 Å². The first-order chi connectivity index (χ1) is 17.1. The van der Waals surface area contributed by atoms with Crippen molar-refractivity contribution in [1.82, 2.24) is 20.2 Å². The molecule has 1 fully saturated rings. The number of nitrogens with one attached hydrogen (secondary N) is 3. The number of nitrogens with zero attached hydrogens (tertiary/aromatic N) is 2. The molecule has 0 spiro atoms. The summed E-state index contributed by atoms with van der Waals surface area (Å²) in [5.74, 6) is 1.39. The zero-order valence-electron chi connectivity index (χ0n) is 20.0. The van der Waals surface area contributed by atoms with Crippen LogP contribution in [-0.4, -0.2) is 60.7 Å². The zero-order valence-corrected chi connectivity index (χ0v) is 20.7. The smallest absolute Gasteiger partial charge is 0.239 e. The molecule has 1 amide bonds. The van der Waals surface area contributed by atoms with E-state index in [1.54, 1.807) is 26.5 Å². The normalized spacial score (nSPS) is 18.3. The van der Waals surface area contributed by atoms with Crippen LogP contribution in [0.2, 0.25) is 5.02 Å². The summed E-state index contributed by atoms with van der Waals surface area (Å²) in [5, 5.41) is 8.25. The Morgan fingerprint density at radius 2 is 2.03 bits per heavy atom. The Morgan fingerprint density at radius 3 is 2.74 bits per heavy atom. The Kier molecular flexibility index (Phi) is 6.83. The molecule has 5 rings (SSSR count). The van der Waals surface area contributed by atoms with Gasteiger partial charge in [0.25, 0.3) is 0 Å². The molecule has 3 N–H and O–H groups in total. The largest absolute Gasteiger partial charge is 0.495 e. The number of rotatable bonds is 6. The number of ether oxygens (including phenoxy) is 2. The van der Waals surface area contributed by atoms with Crippen LogP contribution >= 0.6 is 11.6 Å². The Bertz CT molecular complexity index is 1270. The van der Waals surface area contributed by atoms with E-state index >= 15 is 0 Å². The minimum Gasteiger partial charge on any atom is -0.495 e. The van der Waals surface area contributed by atoms with Crippen LogP contribution in [0.4, 0.5) is 11.4 Å². The fraction of sp³-hybridized carbons (Fsp3) is 0.385. The second kappa shape index (κ2) is 10.2. The third-order valence-corrected chi connectivity index (χ3v) is 7.05. The van der Waals surface area contributed by atoms with Gasteiger partial charge in [0.05, 0.1) is 36.7 Å². The summed E-state index contributed by atoms with van der Waals surface area (Å²) in [6.07, 6.45) is 7.91. The standard InChI is InChI=1S/C26H30ClN5O3/c1-34-23-15-22(24(35-2)14-18(23)27)30-19-6-10-29-25-17(19)13-21(31-25)16-7-11-32(12-8-16)26(33)20-5-3-4-9-28-20/h6-7,10,13-15,20,28H,3-5,8-9,11-12H2,1-2H3,(H2,29,30,31)/t20-/m0/s1. The third-order valence-electron chi connectivity index (χ3n) is 6.75. The van der Waals surface area contributed by atoms with E-state index < -0.39 is 0 Å². The number of carbonyl (C=O) groups excluding carboxylic acids is 1. The Labute approximate surface area is 209 Å². The van der Waals surface area contributed by atoms with Gasteiger partial charge in [-0.1, -0.05) is 24.1 Å². The van der Waals surface area contributed by atoms with Crippen LogP contribution in [0.3, 0.4) is 0 Å². The van der Waals surface area contributed by atoms with E-state index in [9.17, 15) is 4.79 Å². The highest BCUT2D eigenvalue weighted by atomic mass is 35.5. The number of benzene rings is 1. The molecule has 184 valence electrons. The SMILES string of the molecule is COc1cc(Nc2ccnc3[nH]c(C4=CCN(C(=O)[C@@H]5CCCCN5)CC4)cc23)c(OC)cc1Cl. The van der Waals surface area contributed by atoms with Crippen LogP contribution in [0, 0.1) is 0 Å². The molecule has 2 aliphatic heterocycles. The fourth-order valence-corrected chi connectivity index (χ4v) is 5.04. The van der Waals surface area contributed by atoms with Gasteiger partial charge in [-0.2, -0.15) is 0 Å². The summed E-state index contributed by atoms with van der Waals surface area (Å²) in [7, 11) is 3.19. The average Bonchev–Trinajstić information content (AvgIpc) is 3.35. The summed E-state index contributed by atoms with van der Waals surface area (Å²) < 4.78 is 10.9. The second-order valence-corrected chi connectivity index (χ2v) is 9.29. The highest BCUT2D eigenvalue weighted by molar-refractivity contribution is 6.32. The molecule has 8 nitrogen and oxygen atoms in total. The number of aromatic amines is 1. The van der Waals surface area contributed by atoms with Crippen LogP contribution < -0.4 is 20.1 Å².